The summed E-state index contributed by atoms with van der Waals surface area (Å²) in [6.07, 6.45) is 5.59. The fourth-order valence-corrected chi connectivity index (χ4v) is 2.95. The molecule has 1 saturated heterocycles. The van der Waals surface area contributed by atoms with Crippen LogP contribution in [-0.2, 0) is 0 Å². The van der Waals surface area contributed by atoms with Crippen molar-refractivity contribution >= 4 is 0 Å². The quantitative estimate of drug-likeness (QED) is 0.711. The van der Waals surface area contributed by atoms with E-state index in [-0.39, 0.29) is 0 Å². The van der Waals surface area contributed by atoms with Gasteiger partial charge in [0, 0.05) is 31.7 Å². The predicted molar refractivity (Wildman–Crippen MR) is 78.0 cm³/mol. The van der Waals surface area contributed by atoms with Gasteiger partial charge >= 0.3 is 0 Å². The molecule has 2 rings (SSSR count). The summed E-state index contributed by atoms with van der Waals surface area (Å²) in [6.45, 7) is 11.0. The van der Waals surface area contributed by atoms with Crippen LogP contribution in [0.4, 0.5) is 0 Å². The third-order valence-corrected chi connectivity index (χ3v) is 4.50. The minimum absolute atomic E-state index is 0.688. The maximum atomic E-state index is 3.69. The molecule has 0 aromatic rings. The van der Waals surface area contributed by atoms with Crippen LogP contribution < -0.4 is 5.32 Å². The Morgan fingerprint density at radius 1 is 1.22 bits per heavy atom. The Hall–Kier alpha value is -0.120. The molecule has 0 aromatic carbocycles. The van der Waals surface area contributed by atoms with Crippen LogP contribution in [0.1, 0.15) is 39.5 Å². The van der Waals surface area contributed by atoms with Crippen molar-refractivity contribution < 1.29 is 0 Å². The normalized spacial score (nSPS) is 23.2. The molecule has 0 aromatic heterocycles. The molecule has 106 valence electrons. The van der Waals surface area contributed by atoms with Crippen molar-refractivity contribution in [1.82, 2.24) is 15.1 Å². The van der Waals surface area contributed by atoms with Crippen LogP contribution in [0.25, 0.3) is 0 Å². The standard InChI is InChI=1S/C15H31N3/c1-13(2)15(12-16-14-6-7-14)17(3)10-11-18-8-4-5-9-18/h13-16H,4-12H2,1-3H3. The molecular formula is C15H31N3. The fraction of sp³-hybridized carbons (Fsp3) is 1.00. The summed E-state index contributed by atoms with van der Waals surface area (Å²) in [5.74, 6) is 0.736. The monoisotopic (exact) mass is 253 g/mol. The van der Waals surface area contributed by atoms with E-state index in [9.17, 15) is 0 Å². The highest BCUT2D eigenvalue weighted by molar-refractivity contribution is 4.85. The van der Waals surface area contributed by atoms with Gasteiger partial charge in [-0.2, -0.15) is 0 Å². The highest BCUT2D eigenvalue weighted by Gasteiger charge is 2.25. The van der Waals surface area contributed by atoms with E-state index in [0.717, 1.165) is 12.0 Å². The van der Waals surface area contributed by atoms with Crippen molar-refractivity contribution in [2.45, 2.75) is 51.6 Å². The van der Waals surface area contributed by atoms with Gasteiger partial charge in [0.15, 0.2) is 0 Å². The van der Waals surface area contributed by atoms with Gasteiger partial charge in [-0.05, 0) is 51.7 Å². The van der Waals surface area contributed by atoms with E-state index in [1.807, 2.05) is 0 Å². The minimum Gasteiger partial charge on any atom is -0.312 e. The van der Waals surface area contributed by atoms with Gasteiger partial charge in [0.2, 0.25) is 0 Å². The third kappa shape index (κ3) is 4.52. The molecule has 3 nitrogen and oxygen atoms in total. The Morgan fingerprint density at radius 2 is 1.89 bits per heavy atom. The molecule has 0 spiro atoms. The molecular weight excluding hydrogens is 222 g/mol. The maximum absolute atomic E-state index is 3.69. The van der Waals surface area contributed by atoms with Crippen LogP contribution in [0, 0.1) is 5.92 Å². The van der Waals surface area contributed by atoms with Crippen LogP contribution in [0.3, 0.4) is 0 Å². The molecule has 18 heavy (non-hydrogen) atoms. The molecule has 0 radical (unpaired) electrons. The van der Waals surface area contributed by atoms with Crippen molar-refractivity contribution in [2.24, 2.45) is 5.92 Å². The summed E-state index contributed by atoms with van der Waals surface area (Å²) < 4.78 is 0. The van der Waals surface area contributed by atoms with Crippen molar-refractivity contribution in [3.05, 3.63) is 0 Å². The molecule has 2 fully saturated rings. The van der Waals surface area contributed by atoms with E-state index < -0.39 is 0 Å². The number of nitrogens with one attached hydrogen (secondary N) is 1. The predicted octanol–water partition coefficient (Wildman–Crippen LogP) is 1.79. The van der Waals surface area contributed by atoms with E-state index in [1.165, 1.54) is 58.4 Å². The van der Waals surface area contributed by atoms with Crippen LogP contribution in [0.15, 0.2) is 0 Å². The zero-order valence-corrected chi connectivity index (χ0v) is 12.5. The number of rotatable bonds is 8. The van der Waals surface area contributed by atoms with Crippen LogP contribution >= 0.6 is 0 Å². The van der Waals surface area contributed by atoms with Crippen molar-refractivity contribution in [3.8, 4) is 0 Å². The lowest BCUT2D eigenvalue weighted by molar-refractivity contribution is 0.165. The Kier molecular flexibility index (Phi) is 5.46. The summed E-state index contributed by atoms with van der Waals surface area (Å²) in [5.41, 5.74) is 0. The van der Waals surface area contributed by atoms with Crippen LogP contribution in [-0.4, -0.2) is 61.7 Å². The van der Waals surface area contributed by atoms with E-state index in [0.29, 0.717) is 6.04 Å². The van der Waals surface area contributed by atoms with Crippen LogP contribution in [0.2, 0.25) is 0 Å². The minimum atomic E-state index is 0.688. The molecule has 1 atom stereocenters. The first-order valence-corrected chi connectivity index (χ1v) is 7.83. The van der Waals surface area contributed by atoms with E-state index in [2.05, 4.69) is 36.0 Å². The highest BCUT2D eigenvalue weighted by atomic mass is 15.2. The summed E-state index contributed by atoms with van der Waals surface area (Å²) in [5, 5.41) is 3.69. The van der Waals surface area contributed by atoms with Gasteiger partial charge in [-0.15, -0.1) is 0 Å². The smallest absolute Gasteiger partial charge is 0.0241 e. The molecule has 1 N–H and O–H groups in total. The zero-order chi connectivity index (χ0) is 13.0. The average Bonchev–Trinajstić information content (AvgIpc) is 3.01. The first-order chi connectivity index (χ1) is 8.66. The Balaban J connectivity index is 1.69. The summed E-state index contributed by atoms with van der Waals surface area (Å²) in [4.78, 5) is 5.18. The van der Waals surface area contributed by atoms with Gasteiger partial charge in [-0.25, -0.2) is 0 Å². The van der Waals surface area contributed by atoms with Crippen LogP contribution in [0.5, 0.6) is 0 Å². The second-order valence-corrected chi connectivity index (χ2v) is 6.52. The third-order valence-electron chi connectivity index (χ3n) is 4.50. The molecule has 1 unspecified atom stereocenters. The van der Waals surface area contributed by atoms with Gasteiger partial charge in [-0.3, -0.25) is 0 Å². The zero-order valence-electron chi connectivity index (χ0n) is 12.5. The number of likely N-dealkylation sites (N-methyl/N-ethyl adjacent to an activating group) is 1. The lowest BCUT2D eigenvalue weighted by Gasteiger charge is -2.32. The SMILES string of the molecule is CC(C)C(CNC1CC1)N(C)CCN1CCCC1. The molecule has 1 aliphatic carbocycles. The van der Waals surface area contributed by atoms with Gasteiger partial charge in [0.1, 0.15) is 0 Å². The Bertz CT molecular complexity index is 232. The molecule has 3 heteroatoms. The second-order valence-electron chi connectivity index (χ2n) is 6.52. The molecule has 1 aliphatic heterocycles. The second kappa shape index (κ2) is 6.88. The molecule has 1 heterocycles. The highest BCUT2D eigenvalue weighted by Crippen LogP contribution is 2.19. The van der Waals surface area contributed by atoms with Crippen molar-refractivity contribution in [2.75, 3.05) is 39.8 Å². The lowest BCUT2D eigenvalue weighted by atomic mass is 10.0. The fourth-order valence-electron chi connectivity index (χ4n) is 2.95. The van der Waals surface area contributed by atoms with Gasteiger partial charge in [0.05, 0.1) is 0 Å². The largest absolute Gasteiger partial charge is 0.312 e. The Labute approximate surface area is 113 Å². The lowest BCUT2D eigenvalue weighted by Crippen LogP contribution is -2.46. The van der Waals surface area contributed by atoms with Gasteiger partial charge < -0.3 is 15.1 Å². The molecule has 1 saturated carbocycles. The van der Waals surface area contributed by atoms with Crippen molar-refractivity contribution in [3.63, 3.8) is 0 Å². The number of hydrogen-bond donors (Lipinski definition) is 1. The molecule has 0 amide bonds. The van der Waals surface area contributed by atoms with Gasteiger partial charge in [-0.1, -0.05) is 13.8 Å². The van der Waals surface area contributed by atoms with Crippen molar-refractivity contribution in [1.29, 1.82) is 0 Å². The molecule has 0 bridgehead atoms. The molecule has 2 aliphatic rings. The van der Waals surface area contributed by atoms with E-state index in [1.54, 1.807) is 0 Å². The van der Waals surface area contributed by atoms with E-state index >= 15 is 0 Å². The summed E-state index contributed by atoms with van der Waals surface area (Å²) >= 11 is 0. The maximum Gasteiger partial charge on any atom is 0.0241 e. The summed E-state index contributed by atoms with van der Waals surface area (Å²) in [6, 6.07) is 1.52. The number of likely N-dealkylation sites (tertiary alicyclic amines) is 1. The Morgan fingerprint density at radius 3 is 2.44 bits per heavy atom. The topological polar surface area (TPSA) is 18.5 Å². The first kappa shape index (κ1) is 14.3. The average molecular weight is 253 g/mol. The first-order valence-electron chi connectivity index (χ1n) is 7.83. The van der Waals surface area contributed by atoms with E-state index in [4.69, 9.17) is 0 Å². The summed E-state index contributed by atoms with van der Waals surface area (Å²) in [7, 11) is 2.30. The number of hydrogen-bond acceptors (Lipinski definition) is 3. The van der Waals surface area contributed by atoms with Gasteiger partial charge in [0.25, 0.3) is 0 Å². The number of nitrogens with zero attached hydrogens (tertiary/aromatic N) is 2.